The summed E-state index contributed by atoms with van der Waals surface area (Å²) in [4.78, 5) is 0. The quantitative estimate of drug-likeness (QED) is 0.711. The lowest BCUT2D eigenvalue weighted by atomic mass is 10.1. The minimum absolute atomic E-state index is 0.805. The van der Waals surface area contributed by atoms with E-state index in [2.05, 4.69) is 40.7 Å². The number of benzene rings is 1. The van der Waals surface area contributed by atoms with Gasteiger partial charge in [-0.05, 0) is 36.0 Å². The third-order valence-corrected chi connectivity index (χ3v) is 3.00. The average molecular weight is 223 g/mol. The summed E-state index contributed by atoms with van der Waals surface area (Å²) in [5.74, 6) is 0.805. The first kappa shape index (κ1) is 8.06. The van der Waals surface area contributed by atoms with Crippen molar-refractivity contribution in [1.29, 1.82) is 0 Å². The van der Waals surface area contributed by atoms with Gasteiger partial charge in [-0.25, -0.2) is 0 Å². The van der Waals surface area contributed by atoms with E-state index in [4.69, 9.17) is 0 Å². The molecule has 1 fully saturated rings. The second-order valence-corrected chi connectivity index (χ2v) is 4.11. The molecule has 1 saturated carbocycles. The zero-order valence-electron chi connectivity index (χ0n) is 6.89. The smallest absolute Gasteiger partial charge is 0.0210 e. The Balaban J connectivity index is 2.42. The molecule has 0 nitrogen and oxygen atoms in total. The van der Waals surface area contributed by atoms with Crippen molar-refractivity contribution in [2.45, 2.75) is 18.8 Å². The Hall–Kier alpha value is -0.560. The van der Waals surface area contributed by atoms with E-state index >= 15 is 0 Å². The van der Waals surface area contributed by atoms with Crippen LogP contribution < -0.4 is 0 Å². The van der Waals surface area contributed by atoms with Crippen molar-refractivity contribution in [3.63, 3.8) is 0 Å². The Kier molecular flexibility index (Phi) is 2.05. The topological polar surface area (TPSA) is 0 Å². The summed E-state index contributed by atoms with van der Waals surface area (Å²) < 4.78 is 1.25. The number of halogens is 1. The molecule has 0 heterocycles. The monoisotopic (exact) mass is 222 g/mol. The summed E-state index contributed by atoms with van der Waals surface area (Å²) in [6, 6.07) is 6.43. The van der Waals surface area contributed by atoms with Crippen LogP contribution in [0.2, 0.25) is 0 Å². The Morgan fingerprint density at radius 3 is 2.75 bits per heavy atom. The van der Waals surface area contributed by atoms with E-state index in [0.717, 1.165) is 5.92 Å². The molecule has 0 bridgehead atoms. The van der Waals surface area contributed by atoms with E-state index < -0.39 is 0 Å². The van der Waals surface area contributed by atoms with Gasteiger partial charge in [0.1, 0.15) is 0 Å². The molecule has 12 heavy (non-hydrogen) atoms. The zero-order valence-corrected chi connectivity index (χ0v) is 8.47. The maximum Gasteiger partial charge on any atom is 0.0210 e. The van der Waals surface area contributed by atoms with Crippen LogP contribution in [0.25, 0.3) is 6.08 Å². The van der Waals surface area contributed by atoms with Crippen molar-refractivity contribution in [3.05, 3.63) is 40.4 Å². The Morgan fingerprint density at radius 1 is 1.42 bits per heavy atom. The molecule has 0 aliphatic heterocycles. The maximum atomic E-state index is 3.77. The summed E-state index contributed by atoms with van der Waals surface area (Å²) >= 11 is 3.57. The third kappa shape index (κ3) is 1.46. The van der Waals surface area contributed by atoms with Crippen LogP contribution in [0.4, 0.5) is 0 Å². The Labute approximate surface area is 81.4 Å². The van der Waals surface area contributed by atoms with Crippen molar-refractivity contribution >= 4 is 22.0 Å². The highest BCUT2D eigenvalue weighted by atomic mass is 79.9. The highest BCUT2D eigenvalue weighted by Gasteiger charge is 2.25. The minimum atomic E-state index is 0.805. The fraction of sp³-hybridized carbons (Fsp3) is 0.273. The summed E-state index contributed by atoms with van der Waals surface area (Å²) in [5, 5.41) is 0. The summed E-state index contributed by atoms with van der Waals surface area (Å²) in [6.07, 6.45) is 4.59. The first-order valence-electron chi connectivity index (χ1n) is 4.23. The SMILES string of the molecule is C=Cc1ccc(Br)c(C2CC2)c1. The lowest BCUT2D eigenvalue weighted by Gasteiger charge is -2.03. The van der Waals surface area contributed by atoms with Gasteiger partial charge in [0.15, 0.2) is 0 Å². The van der Waals surface area contributed by atoms with Crippen LogP contribution in [0, 0.1) is 0 Å². The van der Waals surface area contributed by atoms with E-state index in [1.165, 1.54) is 28.4 Å². The molecule has 1 heteroatoms. The van der Waals surface area contributed by atoms with Gasteiger partial charge in [0.2, 0.25) is 0 Å². The van der Waals surface area contributed by atoms with E-state index in [1.54, 1.807) is 0 Å². The second kappa shape index (κ2) is 3.06. The van der Waals surface area contributed by atoms with Gasteiger partial charge in [0, 0.05) is 4.47 Å². The van der Waals surface area contributed by atoms with Gasteiger partial charge < -0.3 is 0 Å². The van der Waals surface area contributed by atoms with Gasteiger partial charge >= 0.3 is 0 Å². The molecule has 2 rings (SSSR count). The van der Waals surface area contributed by atoms with Crippen LogP contribution in [0.5, 0.6) is 0 Å². The van der Waals surface area contributed by atoms with Crippen LogP contribution in [0.3, 0.4) is 0 Å². The van der Waals surface area contributed by atoms with Crippen molar-refractivity contribution in [3.8, 4) is 0 Å². The van der Waals surface area contributed by atoms with Gasteiger partial charge in [0.25, 0.3) is 0 Å². The molecule has 0 N–H and O–H groups in total. The fourth-order valence-electron chi connectivity index (χ4n) is 1.40. The van der Waals surface area contributed by atoms with Gasteiger partial charge in [-0.2, -0.15) is 0 Å². The molecule has 1 aromatic carbocycles. The molecule has 1 aromatic rings. The summed E-state index contributed by atoms with van der Waals surface area (Å²) in [7, 11) is 0. The highest BCUT2D eigenvalue weighted by molar-refractivity contribution is 9.10. The molecule has 62 valence electrons. The van der Waals surface area contributed by atoms with E-state index in [1.807, 2.05) is 6.08 Å². The average Bonchev–Trinajstić information content (AvgIpc) is 2.88. The van der Waals surface area contributed by atoms with Crippen molar-refractivity contribution < 1.29 is 0 Å². The molecule has 0 atom stereocenters. The Bertz CT molecular complexity index is 311. The molecule has 1 aliphatic carbocycles. The lowest BCUT2D eigenvalue weighted by molar-refractivity contribution is 1.11. The van der Waals surface area contributed by atoms with Gasteiger partial charge in [-0.3, -0.25) is 0 Å². The molecule has 0 saturated heterocycles. The summed E-state index contributed by atoms with van der Waals surface area (Å²) in [5.41, 5.74) is 2.67. The molecular formula is C11H11Br. The van der Waals surface area contributed by atoms with E-state index in [0.29, 0.717) is 0 Å². The summed E-state index contributed by atoms with van der Waals surface area (Å²) in [6.45, 7) is 3.77. The molecule has 0 amide bonds. The first-order chi connectivity index (χ1) is 5.81. The molecule has 0 spiro atoms. The van der Waals surface area contributed by atoms with Crippen LogP contribution in [0.15, 0.2) is 29.3 Å². The van der Waals surface area contributed by atoms with Crippen LogP contribution >= 0.6 is 15.9 Å². The third-order valence-electron chi connectivity index (χ3n) is 2.27. The van der Waals surface area contributed by atoms with Crippen LogP contribution in [0.1, 0.15) is 29.9 Å². The molecule has 1 aliphatic rings. The fourth-order valence-corrected chi connectivity index (χ4v) is 1.97. The number of hydrogen-bond acceptors (Lipinski definition) is 0. The predicted molar refractivity (Wildman–Crippen MR) is 56.2 cm³/mol. The standard InChI is InChI=1S/C11H11Br/c1-2-8-3-6-11(12)10(7-8)9-4-5-9/h2-3,6-7,9H,1,4-5H2. The lowest BCUT2D eigenvalue weighted by Crippen LogP contribution is -1.82. The van der Waals surface area contributed by atoms with Crippen LogP contribution in [-0.2, 0) is 0 Å². The zero-order chi connectivity index (χ0) is 8.55. The largest absolute Gasteiger partial charge is 0.0985 e. The minimum Gasteiger partial charge on any atom is -0.0985 e. The highest BCUT2D eigenvalue weighted by Crippen LogP contribution is 2.43. The second-order valence-electron chi connectivity index (χ2n) is 3.26. The molecular weight excluding hydrogens is 212 g/mol. The number of hydrogen-bond donors (Lipinski definition) is 0. The van der Waals surface area contributed by atoms with E-state index in [9.17, 15) is 0 Å². The van der Waals surface area contributed by atoms with Gasteiger partial charge in [-0.15, -0.1) is 0 Å². The normalized spacial score (nSPS) is 16.1. The first-order valence-corrected chi connectivity index (χ1v) is 5.02. The van der Waals surface area contributed by atoms with Crippen LogP contribution in [-0.4, -0.2) is 0 Å². The van der Waals surface area contributed by atoms with Crippen molar-refractivity contribution in [1.82, 2.24) is 0 Å². The van der Waals surface area contributed by atoms with Crippen molar-refractivity contribution in [2.24, 2.45) is 0 Å². The molecule has 0 radical (unpaired) electrons. The van der Waals surface area contributed by atoms with Gasteiger partial charge in [-0.1, -0.05) is 40.7 Å². The maximum absolute atomic E-state index is 3.77. The van der Waals surface area contributed by atoms with Gasteiger partial charge in [0.05, 0.1) is 0 Å². The molecule has 0 unspecified atom stereocenters. The number of rotatable bonds is 2. The van der Waals surface area contributed by atoms with E-state index in [-0.39, 0.29) is 0 Å². The Morgan fingerprint density at radius 2 is 2.17 bits per heavy atom. The molecule has 0 aromatic heterocycles. The van der Waals surface area contributed by atoms with Crippen molar-refractivity contribution in [2.75, 3.05) is 0 Å². The predicted octanol–water partition coefficient (Wildman–Crippen LogP) is 3.97.